The van der Waals surface area contributed by atoms with E-state index in [4.69, 9.17) is 0 Å². The fourth-order valence-electron chi connectivity index (χ4n) is 1.08. The van der Waals surface area contributed by atoms with Gasteiger partial charge in [0.2, 0.25) is 0 Å². The quantitative estimate of drug-likeness (QED) is 0.794. The third kappa shape index (κ3) is 7.62. The van der Waals surface area contributed by atoms with Crippen LogP contribution in [0.5, 0.6) is 0 Å². The van der Waals surface area contributed by atoms with E-state index < -0.39 is 0 Å². The van der Waals surface area contributed by atoms with E-state index in [1.165, 1.54) is 0 Å². The maximum Gasteiger partial charge on any atom is 0.0762 e. The molecular formula is C9H20Cl2N4. The first kappa shape index (κ1) is 17.1. The van der Waals surface area contributed by atoms with E-state index in [2.05, 4.69) is 29.4 Å². The van der Waals surface area contributed by atoms with Gasteiger partial charge in [0.25, 0.3) is 0 Å². The minimum Gasteiger partial charge on any atom is -0.310 e. The number of rotatable bonds is 5. The molecule has 90 valence electrons. The molecule has 0 radical (unpaired) electrons. The average Bonchev–Trinajstić information content (AvgIpc) is 2.45. The monoisotopic (exact) mass is 254 g/mol. The summed E-state index contributed by atoms with van der Waals surface area (Å²) in [5.74, 6) is 0. The van der Waals surface area contributed by atoms with Crippen LogP contribution in [0.15, 0.2) is 12.3 Å². The van der Waals surface area contributed by atoms with Crippen molar-refractivity contribution in [3.63, 3.8) is 0 Å². The van der Waals surface area contributed by atoms with Gasteiger partial charge in [-0.3, -0.25) is 4.68 Å². The number of halogens is 2. The van der Waals surface area contributed by atoms with Crippen molar-refractivity contribution in [2.45, 2.75) is 6.54 Å². The summed E-state index contributed by atoms with van der Waals surface area (Å²) >= 11 is 0. The van der Waals surface area contributed by atoms with Crippen LogP contribution < -0.4 is 5.32 Å². The molecule has 0 aliphatic carbocycles. The van der Waals surface area contributed by atoms with Gasteiger partial charge in [-0.15, -0.1) is 24.8 Å². The second-order valence-corrected chi connectivity index (χ2v) is 3.46. The van der Waals surface area contributed by atoms with E-state index in [9.17, 15) is 0 Å². The van der Waals surface area contributed by atoms with E-state index >= 15 is 0 Å². The van der Waals surface area contributed by atoms with Gasteiger partial charge in [0.05, 0.1) is 5.69 Å². The Kier molecular flexibility index (Phi) is 10.2. The number of aromatic nitrogens is 2. The van der Waals surface area contributed by atoms with Gasteiger partial charge in [-0.1, -0.05) is 0 Å². The highest BCUT2D eigenvalue weighted by Gasteiger charge is 1.95. The lowest BCUT2D eigenvalue weighted by atomic mass is 10.4. The Morgan fingerprint density at radius 1 is 1.40 bits per heavy atom. The average molecular weight is 255 g/mol. The molecule has 1 aromatic heterocycles. The Morgan fingerprint density at radius 3 is 2.53 bits per heavy atom. The normalized spacial score (nSPS) is 9.60. The van der Waals surface area contributed by atoms with Crippen molar-refractivity contribution in [1.82, 2.24) is 20.0 Å². The summed E-state index contributed by atoms with van der Waals surface area (Å²) in [6, 6.07) is 2.03. The van der Waals surface area contributed by atoms with Crippen molar-refractivity contribution < 1.29 is 0 Å². The summed E-state index contributed by atoms with van der Waals surface area (Å²) in [5, 5.41) is 7.60. The first-order valence-electron chi connectivity index (χ1n) is 4.52. The Labute approximate surface area is 104 Å². The zero-order chi connectivity index (χ0) is 9.68. The topological polar surface area (TPSA) is 33.1 Å². The fraction of sp³-hybridized carbons (Fsp3) is 0.667. The zero-order valence-corrected chi connectivity index (χ0v) is 11.1. The number of nitrogens with zero attached hydrogens (tertiary/aromatic N) is 3. The molecule has 0 amide bonds. The van der Waals surface area contributed by atoms with Crippen LogP contribution in [0.1, 0.15) is 5.69 Å². The zero-order valence-electron chi connectivity index (χ0n) is 9.43. The van der Waals surface area contributed by atoms with Crippen LogP contribution in [-0.2, 0) is 13.6 Å². The number of aryl methyl sites for hydroxylation is 1. The standard InChI is InChI=1S/C9H18N4.2ClH/c1-12(2)7-5-10-8-9-4-6-13(3)11-9;;/h4,6,10H,5,7-8H2,1-3H3;2*1H. The molecule has 0 unspecified atom stereocenters. The van der Waals surface area contributed by atoms with E-state index in [0.29, 0.717) is 0 Å². The smallest absolute Gasteiger partial charge is 0.0762 e. The summed E-state index contributed by atoms with van der Waals surface area (Å²) < 4.78 is 1.82. The summed E-state index contributed by atoms with van der Waals surface area (Å²) in [4.78, 5) is 2.16. The van der Waals surface area contributed by atoms with Crippen LogP contribution >= 0.6 is 24.8 Å². The molecule has 1 heterocycles. The molecule has 1 aromatic rings. The molecule has 0 fully saturated rings. The Balaban J connectivity index is 0. The van der Waals surface area contributed by atoms with Gasteiger partial charge in [0.1, 0.15) is 0 Å². The molecule has 0 bridgehead atoms. The predicted molar refractivity (Wildman–Crippen MR) is 68.0 cm³/mol. The molecule has 0 saturated carbocycles. The molecule has 0 saturated heterocycles. The molecule has 0 aliphatic heterocycles. The van der Waals surface area contributed by atoms with Crippen LogP contribution in [0, 0.1) is 0 Å². The third-order valence-corrected chi connectivity index (χ3v) is 1.81. The molecule has 15 heavy (non-hydrogen) atoms. The Bertz CT molecular complexity index is 250. The predicted octanol–water partition coefficient (Wildman–Crippen LogP) is 0.915. The molecule has 1 rings (SSSR count). The van der Waals surface area contributed by atoms with E-state index in [1.54, 1.807) is 0 Å². The van der Waals surface area contributed by atoms with Gasteiger partial charge < -0.3 is 10.2 Å². The lowest BCUT2D eigenvalue weighted by Crippen LogP contribution is -2.26. The van der Waals surface area contributed by atoms with Crippen molar-refractivity contribution in [2.24, 2.45) is 7.05 Å². The van der Waals surface area contributed by atoms with Gasteiger partial charge in [-0.05, 0) is 20.2 Å². The van der Waals surface area contributed by atoms with Crippen LogP contribution in [0.3, 0.4) is 0 Å². The maximum absolute atomic E-state index is 4.27. The van der Waals surface area contributed by atoms with Crippen LogP contribution in [-0.4, -0.2) is 41.9 Å². The SMILES string of the molecule is CN(C)CCNCc1ccn(C)n1.Cl.Cl. The molecule has 0 aromatic carbocycles. The Morgan fingerprint density at radius 2 is 2.07 bits per heavy atom. The van der Waals surface area contributed by atoms with Crippen LogP contribution in [0.2, 0.25) is 0 Å². The number of likely N-dealkylation sites (N-methyl/N-ethyl adjacent to an activating group) is 1. The highest BCUT2D eigenvalue weighted by atomic mass is 35.5. The number of nitrogens with one attached hydrogen (secondary N) is 1. The third-order valence-electron chi connectivity index (χ3n) is 1.81. The Hall–Kier alpha value is -0.290. The van der Waals surface area contributed by atoms with Gasteiger partial charge in [-0.2, -0.15) is 5.10 Å². The molecule has 4 nitrogen and oxygen atoms in total. The van der Waals surface area contributed by atoms with Crippen molar-refractivity contribution in [3.8, 4) is 0 Å². The van der Waals surface area contributed by atoms with Crippen molar-refractivity contribution in [3.05, 3.63) is 18.0 Å². The summed E-state index contributed by atoms with van der Waals surface area (Å²) in [7, 11) is 6.08. The minimum atomic E-state index is 0. The van der Waals surface area contributed by atoms with E-state index in [0.717, 1.165) is 25.3 Å². The van der Waals surface area contributed by atoms with Crippen LogP contribution in [0.4, 0.5) is 0 Å². The highest BCUT2D eigenvalue weighted by molar-refractivity contribution is 5.85. The molecule has 0 atom stereocenters. The van der Waals surface area contributed by atoms with Gasteiger partial charge >= 0.3 is 0 Å². The molecule has 6 heteroatoms. The van der Waals surface area contributed by atoms with Crippen molar-refractivity contribution >= 4 is 24.8 Å². The fourth-order valence-corrected chi connectivity index (χ4v) is 1.08. The van der Waals surface area contributed by atoms with Gasteiger partial charge in [0, 0.05) is 32.9 Å². The largest absolute Gasteiger partial charge is 0.310 e. The summed E-state index contributed by atoms with van der Waals surface area (Å²) in [6.07, 6.45) is 1.96. The lowest BCUT2D eigenvalue weighted by Gasteiger charge is -2.09. The lowest BCUT2D eigenvalue weighted by molar-refractivity contribution is 0.399. The molecular weight excluding hydrogens is 235 g/mol. The second kappa shape index (κ2) is 8.97. The van der Waals surface area contributed by atoms with Gasteiger partial charge in [-0.25, -0.2) is 0 Å². The minimum absolute atomic E-state index is 0. The van der Waals surface area contributed by atoms with Gasteiger partial charge in [0.15, 0.2) is 0 Å². The van der Waals surface area contributed by atoms with Crippen molar-refractivity contribution in [2.75, 3.05) is 27.2 Å². The van der Waals surface area contributed by atoms with E-state index in [-0.39, 0.29) is 24.8 Å². The molecule has 0 spiro atoms. The van der Waals surface area contributed by atoms with Crippen LogP contribution in [0.25, 0.3) is 0 Å². The summed E-state index contributed by atoms with van der Waals surface area (Å²) in [6.45, 7) is 2.92. The van der Waals surface area contributed by atoms with E-state index in [1.807, 2.05) is 24.0 Å². The number of hydrogen-bond acceptors (Lipinski definition) is 3. The first-order chi connectivity index (χ1) is 6.18. The maximum atomic E-state index is 4.27. The number of hydrogen-bond donors (Lipinski definition) is 1. The molecule has 1 N–H and O–H groups in total. The second-order valence-electron chi connectivity index (χ2n) is 3.46. The highest BCUT2D eigenvalue weighted by Crippen LogP contribution is 1.91. The molecule has 0 aliphatic rings. The van der Waals surface area contributed by atoms with Crippen molar-refractivity contribution in [1.29, 1.82) is 0 Å². The summed E-state index contributed by atoms with van der Waals surface area (Å²) in [5.41, 5.74) is 1.10. The first-order valence-corrected chi connectivity index (χ1v) is 4.52.